The molecule has 0 fully saturated rings. The molecule has 3 amide bonds. The first-order valence-corrected chi connectivity index (χ1v) is 8.78. The highest BCUT2D eigenvalue weighted by Crippen LogP contribution is 2.21. The Hall–Kier alpha value is -2.87. The highest BCUT2D eigenvalue weighted by molar-refractivity contribution is 7.10. The van der Waals surface area contributed by atoms with E-state index in [2.05, 4.69) is 15.6 Å². The number of nitrogens with zero attached hydrogens (tertiary/aromatic N) is 2. The van der Waals surface area contributed by atoms with Crippen molar-refractivity contribution in [2.75, 3.05) is 6.54 Å². The number of urea groups is 1. The zero-order valence-electron chi connectivity index (χ0n) is 13.5. The van der Waals surface area contributed by atoms with Crippen LogP contribution in [-0.2, 0) is 11.2 Å². The number of carbonyl (C=O) groups is 2. The van der Waals surface area contributed by atoms with Gasteiger partial charge in [0.1, 0.15) is 5.65 Å². The molecule has 0 radical (unpaired) electrons. The van der Waals surface area contributed by atoms with E-state index < -0.39 is 12.1 Å². The monoisotopic (exact) mass is 357 g/mol. The smallest absolute Gasteiger partial charge is 0.312 e. The van der Waals surface area contributed by atoms with Crippen molar-refractivity contribution in [1.29, 1.82) is 0 Å². The van der Waals surface area contributed by atoms with Crippen LogP contribution >= 0.6 is 11.3 Å². The largest absolute Gasteiger partial charge is 0.356 e. The number of aromatic nitrogens is 2. The molecule has 1 atom stereocenters. The van der Waals surface area contributed by atoms with Crippen molar-refractivity contribution >= 4 is 28.9 Å². The molecule has 7 nitrogen and oxygen atoms in total. The fourth-order valence-corrected chi connectivity index (χ4v) is 3.36. The Morgan fingerprint density at radius 3 is 2.88 bits per heavy atom. The predicted octanol–water partition coefficient (Wildman–Crippen LogP) is 1.85. The third-order valence-electron chi connectivity index (χ3n) is 3.71. The maximum absolute atomic E-state index is 12.2. The summed E-state index contributed by atoms with van der Waals surface area (Å²) < 4.78 is 1.95. The Labute approximate surface area is 148 Å². The minimum absolute atomic E-state index is 0.143. The zero-order chi connectivity index (χ0) is 17.6. The van der Waals surface area contributed by atoms with Crippen LogP contribution in [0.15, 0.2) is 48.1 Å². The minimum Gasteiger partial charge on any atom is -0.356 e. The molecule has 0 spiro atoms. The summed E-state index contributed by atoms with van der Waals surface area (Å²) in [5.74, 6) is -0.143. The fourth-order valence-electron chi connectivity index (χ4n) is 2.58. The summed E-state index contributed by atoms with van der Waals surface area (Å²) in [6, 6.07) is 8.50. The molecule has 3 rings (SSSR count). The van der Waals surface area contributed by atoms with Gasteiger partial charge < -0.3 is 20.8 Å². The van der Waals surface area contributed by atoms with Crippen molar-refractivity contribution in [1.82, 2.24) is 20.0 Å². The number of thiophene rings is 1. The number of nitrogens with two attached hydrogens (primary N) is 1. The van der Waals surface area contributed by atoms with Gasteiger partial charge in [0.25, 0.3) is 0 Å². The molecule has 0 aliphatic rings. The van der Waals surface area contributed by atoms with Crippen LogP contribution in [0.25, 0.3) is 5.65 Å². The van der Waals surface area contributed by atoms with E-state index >= 15 is 0 Å². The second-order valence-electron chi connectivity index (χ2n) is 5.58. The van der Waals surface area contributed by atoms with Crippen LogP contribution in [-0.4, -0.2) is 27.9 Å². The summed E-state index contributed by atoms with van der Waals surface area (Å²) in [6.07, 6.45) is 4.67. The second-order valence-corrected chi connectivity index (χ2v) is 6.56. The number of carbonyl (C=O) groups excluding carboxylic acids is 2. The average molecular weight is 357 g/mol. The highest BCUT2D eigenvalue weighted by atomic mass is 32.1. The van der Waals surface area contributed by atoms with Gasteiger partial charge in [0.15, 0.2) is 0 Å². The number of fused-ring (bicyclic) bond motifs is 1. The lowest BCUT2D eigenvalue weighted by molar-refractivity contribution is -0.121. The number of hydrogen-bond acceptors (Lipinski definition) is 4. The number of primary amides is 1. The summed E-state index contributed by atoms with van der Waals surface area (Å²) in [4.78, 5) is 28.7. The Bertz CT molecular complexity index is 826. The summed E-state index contributed by atoms with van der Waals surface area (Å²) in [7, 11) is 0. The van der Waals surface area contributed by atoms with Crippen LogP contribution in [0, 0.1) is 0 Å². The molecule has 0 bridgehead atoms. The first-order chi connectivity index (χ1) is 12.1. The topological polar surface area (TPSA) is 102 Å². The van der Waals surface area contributed by atoms with Gasteiger partial charge in [0.05, 0.1) is 18.2 Å². The average Bonchev–Trinajstić information content (AvgIpc) is 3.23. The van der Waals surface area contributed by atoms with Gasteiger partial charge in [-0.25, -0.2) is 9.78 Å². The van der Waals surface area contributed by atoms with Gasteiger partial charge in [-0.2, -0.15) is 0 Å². The van der Waals surface area contributed by atoms with Gasteiger partial charge >= 0.3 is 6.03 Å². The standard InChI is InChI=1S/C17H19N5O2S/c18-17(24)21-13(14-4-3-9-25-14)10-16(23)19-7-6-12-11-22-8-2-1-5-15(22)20-12/h1-5,8-9,11,13H,6-7,10H2,(H,19,23)(H3,18,21,24). The van der Waals surface area contributed by atoms with Gasteiger partial charge in [-0.3, -0.25) is 4.79 Å². The van der Waals surface area contributed by atoms with Crippen LogP contribution in [0.1, 0.15) is 23.0 Å². The molecule has 4 N–H and O–H groups in total. The zero-order valence-corrected chi connectivity index (χ0v) is 14.3. The molecule has 1 unspecified atom stereocenters. The number of nitrogens with one attached hydrogen (secondary N) is 2. The van der Waals surface area contributed by atoms with Crippen LogP contribution < -0.4 is 16.4 Å². The molecule has 0 aliphatic carbocycles. The maximum Gasteiger partial charge on any atom is 0.312 e. The van der Waals surface area contributed by atoms with Gasteiger partial charge in [-0.05, 0) is 23.6 Å². The maximum atomic E-state index is 12.2. The molecular weight excluding hydrogens is 338 g/mol. The fraction of sp³-hybridized carbons (Fsp3) is 0.235. The second kappa shape index (κ2) is 7.80. The first kappa shape index (κ1) is 17.0. The Balaban J connectivity index is 1.52. The normalized spacial score (nSPS) is 12.0. The van der Waals surface area contributed by atoms with Crippen molar-refractivity contribution in [2.45, 2.75) is 18.9 Å². The Morgan fingerprint density at radius 1 is 1.28 bits per heavy atom. The number of imidazole rings is 1. The van der Waals surface area contributed by atoms with E-state index in [0.29, 0.717) is 13.0 Å². The number of hydrogen-bond donors (Lipinski definition) is 3. The van der Waals surface area contributed by atoms with E-state index in [1.165, 1.54) is 11.3 Å². The Morgan fingerprint density at radius 2 is 2.16 bits per heavy atom. The molecule has 3 aromatic heterocycles. The van der Waals surface area contributed by atoms with E-state index in [-0.39, 0.29) is 12.3 Å². The Kier molecular flexibility index (Phi) is 5.30. The molecule has 25 heavy (non-hydrogen) atoms. The highest BCUT2D eigenvalue weighted by Gasteiger charge is 2.18. The lowest BCUT2D eigenvalue weighted by atomic mass is 10.1. The molecular formula is C17H19N5O2S. The molecule has 3 aromatic rings. The summed E-state index contributed by atoms with van der Waals surface area (Å²) in [5.41, 5.74) is 7.00. The number of rotatable bonds is 7. The van der Waals surface area contributed by atoms with E-state index in [0.717, 1.165) is 16.2 Å². The number of amides is 3. The van der Waals surface area contributed by atoms with Crippen molar-refractivity contribution in [3.63, 3.8) is 0 Å². The summed E-state index contributed by atoms with van der Waals surface area (Å²) in [6.45, 7) is 0.483. The lowest BCUT2D eigenvalue weighted by Gasteiger charge is -2.15. The molecule has 3 heterocycles. The summed E-state index contributed by atoms with van der Waals surface area (Å²) in [5, 5.41) is 7.37. The molecule has 0 saturated heterocycles. The van der Waals surface area contributed by atoms with Crippen molar-refractivity contribution in [2.24, 2.45) is 5.73 Å². The van der Waals surface area contributed by atoms with Gasteiger partial charge in [0, 0.05) is 30.2 Å². The van der Waals surface area contributed by atoms with Crippen molar-refractivity contribution in [3.05, 3.63) is 58.7 Å². The third-order valence-corrected chi connectivity index (χ3v) is 4.70. The predicted molar refractivity (Wildman–Crippen MR) is 96.3 cm³/mol. The van der Waals surface area contributed by atoms with Crippen molar-refractivity contribution in [3.8, 4) is 0 Å². The van der Waals surface area contributed by atoms with Crippen LogP contribution in [0.4, 0.5) is 4.79 Å². The van der Waals surface area contributed by atoms with E-state index in [1.54, 1.807) is 0 Å². The lowest BCUT2D eigenvalue weighted by Crippen LogP contribution is -2.36. The molecule has 8 heteroatoms. The number of pyridine rings is 1. The molecule has 0 aliphatic heterocycles. The minimum atomic E-state index is -0.643. The van der Waals surface area contributed by atoms with Crippen molar-refractivity contribution < 1.29 is 9.59 Å². The first-order valence-electron chi connectivity index (χ1n) is 7.90. The van der Waals surface area contributed by atoms with Crippen LogP contribution in [0.5, 0.6) is 0 Å². The SMILES string of the molecule is NC(=O)NC(CC(=O)NCCc1cn2ccccc2n1)c1cccs1. The molecule has 0 saturated carbocycles. The van der Waals surface area contributed by atoms with E-state index in [9.17, 15) is 9.59 Å². The summed E-state index contributed by atoms with van der Waals surface area (Å²) >= 11 is 1.48. The van der Waals surface area contributed by atoms with Crippen LogP contribution in [0.2, 0.25) is 0 Å². The quantitative estimate of drug-likeness (QED) is 0.601. The molecule has 0 aromatic carbocycles. The van der Waals surface area contributed by atoms with Gasteiger partial charge in [0.2, 0.25) is 5.91 Å². The van der Waals surface area contributed by atoms with Gasteiger partial charge in [-0.15, -0.1) is 11.3 Å². The van der Waals surface area contributed by atoms with E-state index in [4.69, 9.17) is 5.73 Å². The third kappa shape index (κ3) is 4.57. The van der Waals surface area contributed by atoms with Crippen LogP contribution in [0.3, 0.4) is 0 Å². The van der Waals surface area contributed by atoms with Gasteiger partial charge in [-0.1, -0.05) is 12.1 Å². The molecule has 130 valence electrons. The van der Waals surface area contributed by atoms with E-state index in [1.807, 2.05) is 52.5 Å².